The number of hydrogen-bond donors (Lipinski definition) is 0. The van der Waals surface area contributed by atoms with E-state index in [9.17, 15) is 0 Å². The Hall–Kier alpha value is -0.260. The first-order chi connectivity index (χ1) is 10.9. The van der Waals surface area contributed by atoms with Gasteiger partial charge in [0.15, 0.2) is 0 Å². The highest BCUT2D eigenvalue weighted by Crippen LogP contribution is 2.68. The number of hydrogen-bond acceptors (Lipinski definition) is 0. The highest BCUT2D eigenvalue weighted by atomic mass is 14.6. The number of fused-ring (bicyclic) bond motifs is 5. The van der Waals surface area contributed by atoms with Gasteiger partial charge < -0.3 is 0 Å². The monoisotopic (exact) mass is 314 g/mol. The van der Waals surface area contributed by atoms with Crippen LogP contribution in [0.1, 0.15) is 85.5 Å². The van der Waals surface area contributed by atoms with Crippen LogP contribution < -0.4 is 0 Å². The molecule has 0 bridgehead atoms. The van der Waals surface area contributed by atoms with E-state index in [0.717, 1.165) is 35.5 Å². The second-order valence-corrected chi connectivity index (χ2v) is 10.6. The van der Waals surface area contributed by atoms with Crippen LogP contribution in [-0.2, 0) is 0 Å². The van der Waals surface area contributed by atoms with Crippen molar-refractivity contribution in [3.05, 3.63) is 12.2 Å². The summed E-state index contributed by atoms with van der Waals surface area (Å²) in [6, 6.07) is 0. The molecule has 0 aliphatic heterocycles. The summed E-state index contributed by atoms with van der Waals surface area (Å²) in [7, 11) is 0. The highest BCUT2D eigenvalue weighted by molar-refractivity contribution is 5.15. The predicted molar refractivity (Wildman–Crippen MR) is 99.2 cm³/mol. The Morgan fingerprint density at radius 3 is 2.30 bits per heavy atom. The molecular weight excluding hydrogens is 276 g/mol. The van der Waals surface area contributed by atoms with Gasteiger partial charge in [0.05, 0.1) is 0 Å². The SMILES string of the molecule is C=C(C)C1CCC2C3CCC4CC(C)CCC4(C)C3CCC12C. The van der Waals surface area contributed by atoms with Gasteiger partial charge in [-0.25, -0.2) is 0 Å². The molecule has 8 unspecified atom stereocenters. The Balaban J connectivity index is 1.61. The largest absolute Gasteiger partial charge is 0.0998 e. The zero-order valence-electron chi connectivity index (χ0n) is 16.0. The average molecular weight is 315 g/mol. The Morgan fingerprint density at radius 1 is 0.870 bits per heavy atom. The van der Waals surface area contributed by atoms with Gasteiger partial charge in [-0.15, -0.1) is 0 Å². The van der Waals surface area contributed by atoms with E-state index in [4.69, 9.17) is 0 Å². The second-order valence-electron chi connectivity index (χ2n) is 10.6. The van der Waals surface area contributed by atoms with Gasteiger partial charge in [0, 0.05) is 0 Å². The maximum Gasteiger partial charge on any atom is -0.0152 e. The standard InChI is InChI=1S/C23H38/c1-15(2)19-8-9-20-18-7-6-17-14-16(3)10-12-22(17,4)21(18)11-13-23(19,20)5/h16-21H,1,6-14H2,2-5H3. The van der Waals surface area contributed by atoms with Crippen molar-refractivity contribution in [2.24, 2.45) is 46.3 Å². The lowest BCUT2D eigenvalue weighted by Crippen LogP contribution is -2.53. The van der Waals surface area contributed by atoms with Crippen LogP contribution in [0.25, 0.3) is 0 Å². The maximum atomic E-state index is 4.36. The van der Waals surface area contributed by atoms with Crippen molar-refractivity contribution in [2.75, 3.05) is 0 Å². The molecule has 4 aliphatic carbocycles. The van der Waals surface area contributed by atoms with Crippen LogP contribution in [-0.4, -0.2) is 0 Å². The van der Waals surface area contributed by atoms with E-state index in [1.54, 1.807) is 6.42 Å². The number of allylic oxidation sites excluding steroid dienone is 1. The van der Waals surface area contributed by atoms with Crippen molar-refractivity contribution >= 4 is 0 Å². The van der Waals surface area contributed by atoms with Crippen LogP contribution in [0.5, 0.6) is 0 Å². The van der Waals surface area contributed by atoms with Crippen LogP contribution in [0, 0.1) is 46.3 Å². The first-order valence-corrected chi connectivity index (χ1v) is 10.5. The first-order valence-electron chi connectivity index (χ1n) is 10.5. The summed E-state index contributed by atoms with van der Waals surface area (Å²) < 4.78 is 0. The molecule has 4 saturated carbocycles. The van der Waals surface area contributed by atoms with E-state index >= 15 is 0 Å². The zero-order valence-corrected chi connectivity index (χ0v) is 16.0. The lowest BCUT2D eigenvalue weighted by atomic mass is 9.44. The third-order valence-electron chi connectivity index (χ3n) is 9.52. The molecule has 4 aliphatic rings. The summed E-state index contributed by atoms with van der Waals surface area (Å²) in [6.45, 7) is 14.5. The fraction of sp³-hybridized carbons (Fsp3) is 0.913. The molecule has 0 N–H and O–H groups in total. The maximum absolute atomic E-state index is 4.36. The molecule has 0 aromatic heterocycles. The fourth-order valence-corrected chi connectivity index (χ4v) is 8.28. The van der Waals surface area contributed by atoms with Crippen LogP contribution in [0.15, 0.2) is 12.2 Å². The topological polar surface area (TPSA) is 0 Å². The normalized spacial score (nSPS) is 55.7. The molecule has 0 radical (unpaired) electrons. The zero-order chi connectivity index (χ0) is 16.4. The molecule has 0 saturated heterocycles. The molecule has 23 heavy (non-hydrogen) atoms. The Bertz CT molecular complexity index is 490. The van der Waals surface area contributed by atoms with E-state index in [2.05, 4.69) is 34.3 Å². The van der Waals surface area contributed by atoms with Crippen molar-refractivity contribution in [1.29, 1.82) is 0 Å². The third kappa shape index (κ3) is 2.22. The van der Waals surface area contributed by atoms with Crippen LogP contribution >= 0.6 is 0 Å². The highest BCUT2D eigenvalue weighted by Gasteiger charge is 2.59. The van der Waals surface area contributed by atoms with E-state index in [1.165, 1.54) is 56.9 Å². The molecule has 4 fully saturated rings. The van der Waals surface area contributed by atoms with E-state index in [1.807, 2.05) is 0 Å². The molecule has 0 spiro atoms. The quantitative estimate of drug-likeness (QED) is 0.464. The van der Waals surface area contributed by atoms with E-state index < -0.39 is 0 Å². The van der Waals surface area contributed by atoms with Gasteiger partial charge in [-0.1, -0.05) is 39.3 Å². The molecule has 0 heterocycles. The first kappa shape index (κ1) is 16.2. The summed E-state index contributed by atoms with van der Waals surface area (Å²) in [5.74, 6) is 5.90. The van der Waals surface area contributed by atoms with E-state index in [0.29, 0.717) is 10.8 Å². The summed E-state index contributed by atoms with van der Waals surface area (Å²) in [5.41, 5.74) is 2.73. The van der Waals surface area contributed by atoms with Crippen molar-refractivity contribution in [2.45, 2.75) is 85.5 Å². The second kappa shape index (κ2) is 5.37. The molecule has 4 rings (SSSR count). The predicted octanol–water partition coefficient (Wildman–Crippen LogP) is 6.86. The summed E-state index contributed by atoms with van der Waals surface area (Å²) in [5, 5.41) is 0. The number of rotatable bonds is 1. The smallest absolute Gasteiger partial charge is 0.0152 e. The van der Waals surface area contributed by atoms with Crippen molar-refractivity contribution in [1.82, 2.24) is 0 Å². The van der Waals surface area contributed by atoms with Gasteiger partial charge in [-0.05, 0) is 105 Å². The lowest BCUT2D eigenvalue weighted by molar-refractivity contribution is -0.114. The van der Waals surface area contributed by atoms with Gasteiger partial charge in [0.2, 0.25) is 0 Å². The van der Waals surface area contributed by atoms with Gasteiger partial charge in [0.25, 0.3) is 0 Å². The van der Waals surface area contributed by atoms with E-state index in [-0.39, 0.29) is 0 Å². The third-order valence-corrected chi connectivity index (χ3v) is 9.52. The lowest BCUT2D eigenvalue weighted by Gasteiger charge is -2.61. The van der Waals surface area contributed by atoms with Gasteiger partial charge in [0.1, 0.15) is 0 Å². The van der Waals surface area contributed by atoms with Crippen LogP contribution in [0.4, 0.5) is 0 Å². The molecule has 0 aromatic rings. The van der Waals surface area contributed by atoms with Crippen molar-refractivity contribution in [3.63, 3.8) is 0 Å². The summed E-state index contributed by atoms with van der Waals surface area (Å²) >= 11 is 0. The van der Waals surface area contributed by atoms with Crippen LogP contribution in [0.2, 0.25) is 0 Å². The molecular formula is C23H38. The van der Waals surface area contributed by atoms with Gasteiger partial charge >= 0.3 is 0 Å². The van der Waals surface area contributed by atoms with Crippen molar-refractivity contribution in [3.8, 4) is 0 Å². The van der Waals surface area contributed by atoms with Gasteiger partial charge in [-0.2, -0.15) is 0 Å². The molecule has 0 nitrogen and oxygen atoms in total. The van der Waals surface area contributed by atoms with Gasteiger partial charge in [-0.3, -0.25) is 0 Å². The minimum atomic E-state index is 0.582. The molecule has 130 valence electrons. The molecule has 8 atom stereocenters. The summed E-state index contributed by atoms with van der Waals surface area (Å²) in [4.78, 5) is 0. The molecule has 0 aromatic carbocycles. The van der Waals surface area contributed by atoms with Crippen LogP contribution in [0.3, 0.4) is 0 Å². The molecule has 0 amide bonds. The van der Waals surface area contributed by atoms with Crippen molar-refractivity contribution < 1.29 is 0 Å². The Labute approximate surface area is 144 Å². The average Bonchev–Trinajstić information content (AvgIpc) is 2.85. The summed E-state index contributed by atoms with van der Waals surface area (Å²) in [6.07, 6.45) is 13.5. The Kier molecular flexibility index (Phi) is 3.79. The Morgan fingerprint density at radius 2 is 1.57 bits per heavy atom. The minimum absolute atomic E-state index is 0.582. The minimum Gasteiger partial charge on any atom is -0.0998 e. The fourth-order valence-electron chi connectivity index (χ4n) is 8.28. The molecule has 0 heteroatoms.